The van der Waals surface area contributed by atoms with Crippen LogP contribution in [0.4, 0.5) is 0 Å². The minimum atomic E-state index is -0.860. The SMILES string of the molecule is CC(C)(C)CC(CCCN=C(N)N[N+](=O)[O-])C(=O)CC(=O)C(CCCN=C(N)N[N+](=O)[O-])CC(C)(C)C.CC(C)(C)CC(CCCN=C(N)N[N+](=O)[O-])C(=O)CC(=O)C(N)CCCN=C(N)N[N+](=O)[O-]. The van der Waals surface area contributed by atoms with Crippen molar-refractivity contribution in [3.63, 3.8) is 0 Å². The van der Waals surface area contributed by atoms with Crippen molar-refractivity contribution in [2.24, 2.45) is 82.6 Å². The molecule has 0 spiro atoms. The number of aliphatic imine (C=N–C) groups is 4. The van der Waals surface area contributed by atoms with Gasteiger partial charge in [0.2, 0.25) is 0 Å². The summed E-state index contributed by atoms with van der Waals surface area (Å²) < 4.78 is 0. The first-order valence-electron chi connectivity index (χ1n) is 22.8. The van der Waals surface area contributed by atoms with Gasteiger partial charge in [-0.3, -0.25) is 19.2 Å². The number of hydrogen-bond donors (Lipinski definition) is 9. The molecule has 400 valence electrons. The van der Waals surface area contributed by atoms with Crippen molar-refractivity contribution in [2.45, 2.75) is 152 Å². The number of Topliss-reactive ketones (excluding diaryl/α,β-unsaturated/α-hetero) is 4. The Kier molecular flexibility index (Phi) is 30.8. The Labute approximate surface area is 408 Å². The van der Waals surface area contributed by atoms with Gasteiger partial charge in [-0.1, -0.05) is 84.0 Å². The molecule has 14 N–H and O–H groups in total. The zero-order valence-corrected chi connectivity index (χ0v) is 42.2. The number of carbonyl (C=O) groups excluding carboxylic acids is 4. The summed E-state index contributed by atoms with van der Waals surface area (Å²) in [5.41, 5.74) is 34.0. The van der Waals surface area contributed by atoms with E-state index in [9.17, 15) is 59.6 Å². The van der Waals surface area contributed by atoms with Crippen LogP contribution in [0.2, 0.25) is 0 Å². The molecule has 0 aromatic heterocycles. The fourth-order valence-electron chi connectivity index (χ4n) is 7.05. The second-order valence-corrected chi connectivity index (χ2v) is 20.3. The summed E-state index contributed by atoms with van der Waals surface area (Å²) in [5, 5.41) is 38.1. The van der Waals surface area contributed by atoms with Crippen LogP contribution in [-0.2, 0) is 19.2 Å². The van der Waals surface area contributed by atoms with E-state index in [0.29, 0.717) is 64.2 Å². The van der Waals surface area contributed by atoms with Crippen LogP contribution >= 0.6 is 0 Å². The Morgan fingerprint density at radius 2 is 0.643 bits per heavy atom. The van der Waals surface area contributed by atoms with Crippen LogP contribution in [0.15, 0.2) is 20.0 Å². The molecule has 0 bridgehead atoms. The van der Waals surface area contributed by atoms with Crippen LogP contribution in [0.25, 0.3) is 0 Å². The van der Waals surface area contributed by atoms with E-state index in [4.69, 9.17) is 28.7 Å². The van der Waals surface area contributed by atoms with Crippen molar-refractivity contribution in [2.75, 3.05) is 26.2 Å². The van der Waals surface area contributed by atoms with Gasteiger partial charge in [-0.15, -0.1) is 0 Å². The number of nitrogens with zero attached hydrogens (tertiary/aromatic N) is 8. The van der Waals surface area contributed by atoms with E-state index in [2.05, 4.69) is 20.0 Å². The fraction of sp³-hybridized carbons (Fsp3) is 0.805. The van der Waals surface area contributed by atoms with Crippen molar-refractivity contribution in [3.05, 3.63) is 40.5 Å². The molecule has 4 unspecified atom stereocenters. The molecule has 0 radical (unpaired) electrons. The maximum atomic E-state index is 13.2. The highest BCUT2D eigenvalue weighted by Gasteiger charge is 2.31. The van der Waals surface area contributed by atoms with Crippen LogP contribution in [0, 0.1) is 74.5 Å². The number of guanidine groups is 4. The van der Waals surface area contributed by atoms with Gasteiger partial charge in [-0.05, 0) is 86.9 Å². The summed E-state index contributed by atoms with van der Waals surface area (Å²) >= 11 is 0. The lowest BCUT2D eigenvalue weighted by atomic mass is 9.77. The molecule has 0 aliphatic rings. The number of hydrazine groups is 4. The number of nitrogens with two attached hydrogens (primary N) is 5. The zero-order chi connectivity index (χ0) is 54.4. The summed E-state index contributed by atoms with van der Waals surface area (Å²) in [4.78, 5) is 108. The molecule has 0 aromatic carbocycles. The van der Waals surface area contributed by atoms with Gasteiger partial charge in [0.05, 0.1) is 18.9 Å². The predicted octanol–water partition coefficient (Wildman–Crippen LogP) is 2.02. The van der Waals surface area contributed by atoms with E-state index in [-0.39, 0.29) is 115 Å². The smallest absolute Gasteiger partial charge is 0.251 e. The van der Waals surface area contributed by atoms with Crippen molar-refractivity contribution in [1.29, 1.82) is 0 Å². The molecule has 0 fully saturated rings. The van der Waals surface area contributed by atoms with E-state index in [1.54, 1.807) is 21.7 Å². The third-order valence-corrected chi connectivity index (χ3v) is 9.81. The van der Waals surface area contributed by atoms with Gasteiger partial charge in [0.1, 0.15) is 17.3 Å². The Morgan fingerprint density at radius 3 is 0.857 bits per heavy atom. The number of nitrogens with one attached hydrogen (secondary N) is 4. The average Bonchev–Trinajstić information content (AvgIpc) is 3.17. The van der Waals surface area contributed by atoms with Crippen LogP contribution < -0.4 is 50.4 Å². The molecule has 0 aliphatic carbocycles. The molecule has 4 atom stereocenters. The first-order valence-corrected chi connectivity index (χ1v) is 22.8. The second kappa shape index (κ2) is 33.0. The summed E-state index contributed by atoms with van der Waals surface area (Å²) in [6.45, 7) is 18.9. The van der Waals surface area contributed by atoms with Gasteiger partial charge < -0.3 is 28.7 Å². The lowest BCUT2D eigenvalue weighted by molar-refractivity contribution is -0.525. The lowest BCUT2D eigenvalue weighted by Gasteiger charge is -2.27. The first-order chi connectivity index (χ1) is 32.1. The van der Waals surface area contributed by atoms with Crippen LogP contribution in [0.1, 0.15) is 146 Å². The summed E-state index contributed by atoms with van der Waals surface area (Å²) in [7, 11) is 0. The molecular formula is C41H79N17O12. The van der Waals surface area contributed by atoms with Crippen molar-refractivity contribution in [1.82, 2.24) is 21.7 Å². The van der Waals surface area contributed by atoms with E-state index < -0.39 is 37.9 Å². The molecule has 0 aromatic rings. The summed E-state index contributed by atoms with van der Waals surface area (Å²) in [6.07, 6.45) is 4.74. The third kappa shape index (κ3) is 38.3. The topological polar surface area (TPSA) is 468 Å². The van der Waals surface area contributed by atoms with Crippen LogP contribution in [0.3, 0.4) is 0 Å². The Hall–Kier alpha value is -6.68. The number of ketones is 4. The molecule has 0 saturated carbocycles. The molecule has 70 heavy (non-hydrogen) atoms. The van der Waals surface area contributed by atoms with Crippen molar-refractivity contribution < 1.29 is 39.3 Å². The maximum absolute atomic E-state index is 13.2. The van der Waals surface area contributed by atoms with E-state index in [0.717, 1.165) is 0 Å². The number of rotatable bonds is 31. The zero-order valence-electron chi connectivity index (χ0n) is 42.2. The molecule has 0 amide bonds. The highest BCUT2D eigenvalue weighted by Crippen LogP contribution is 2.32. The molecule has 0 saturated heterocycles. The molecule has 0 rings (SSSR count). The summed E-state index contributed by atoms with van der Waals surface area (Å²) in [6, 6.07) is -0.860. The number of hydrogen-bond acceptors (Lipinski definition) is 17. The van der Waals surface area contributed by atoms with Crippen LogP contribution in [-0.4, -0.2) is 99.3 Å². The van der Waals surface area contributed by atoms with E-state index in [1.165, 1.54) is 0 Å². The minimum Gasteiger partial charge on any atom is -0.365 e. The second-order valence-electron chi connectivity index (χ2n) is 20.3. The fourth-order valence-corrected chi connectivity index (χ4v) is 7.05. The highest BCUT2D eigenvalue weighted by molar-refractivity contribution is 6.02. The predicted molar refractivity (Wildman–Crippen MR) is 263 cm³/mol. The Bertz CT molecular complexity index is 1790. The normalized spacial score (nSPS) is 14.4. The van der Waals surface area contributed by atoms with Gasteiger partial charge in [-0.2, -0.15) is 0 Å². The van der Waals surface area contributed by atoms with E-state index >= 15 is 0 Å². The first kappa shape index (κ1) is 65.4. The summed E-state index contributed by atoms with van der Waals surface area (Å²) in [5.74, 6) is -3.23. The Morgan fingerprint density at radius 1 is 0.429 bits per heavy atom. The van der Waals surface area contributed by atoms with Gasteiger partial charge >= 0.3 is 0 Å². The average molecular weight is 1000 g/mol. The minimum absolute atomic E-state index is 0.128. The number of nitro groups is 4. The molecule has 29 heteroatoms. The lowest BCUT2D eigenvalue weighted by Crippen LogP contribution is -2.36. The van der Waals surface area contributed by atoms with E-state index in [1.807, 2.05) is 62.3 Å². The van der Waals surface area contributed by atoms with Crippen molar-refractivity contribution in [3.8, 4) is 0 Å². The monoisotopic (exact) mass is 1000 g/mol. The standard InChI is InChI=1S/C23H44N8O6.C18H35N9O6/c1-22(2,3)14-16(9-7-11-26-20(24)28-30(34)35)18(32)13-19(33)17(15-23(4,5)6)10-8-12-27-21(25)29-31(36)37;1-18(2,3)11-12(6-4-8-22-16(20)24-26(30)31)14(28)10-15(29)13(19)7-5-9-23-17(21)25-27(32)33/h16-17H,7-15H2,1-6H3,(H3,24,26,28)(H3,25,27,29);12-13H,4-11,19H2,1-3H3,(H3,20,22,24)(H3,21,23,25). The van der Waals surface area contributed by atoms with Gasteiger partial charge in [0, 0.05) is 43.9 Å². The van der Waals surface area contributed by atoms with Gasteiger partial charge in [-0.25, -0.2) is 60.4 Å². The van der Waals surface area contributed by atoms with Gasteiger partial charge in [0.15, 0.2) is 25.9 Å². The molecule has 0 aliphatic heterocycles. The largest absolute Gasteiger partial charge is 0.365 e. The number of carbonyl (C=O) groups is 4. The van der Waals surface area contributed by atoms with Crippen molar-refractivity contribution >= 4 is 47.0 Å². The molecular weight excluding hydrogens is 923 g/mol. The van der Waals surface area contributed by atoms with Crippen LogP contribution in [0.5, 0.6) is 0 Å². The molecule has 0 heterocycles. The Balaban J connectivity index is 0. The van der Waals surface area contributed by atoms with Gasteiger partial charge in [0.25, 0.3) is 23.8 Å². The highest BCUT2D eigenvalue weighted by atomic mass is 16.7. The maximum Gasteiger partial charge on any atom is 0.251 e. The molecule has 29 nitrogen and oxygen atoms in total. The third-order valence-electron chi connectivity index (χ3n) is 9.81. The quantitative estimate of drug-likeness (QED) is 0.0120.